The maximum Gasteiger partial charge on any atom is 0.320 e. The smallest absolute Gasteiger partial charge is 0.320 e. The molecule has 0 unspecified atom stereocenters. The van der Waals surface area contributed by atoms with E-state index in [0.29, 0.717) is 26.2 Å². The van der Waals surface area contributed by atoms with Gasteiger partial charge in [0.1, 0.15) is 16.8 Å². The topological polar surface area (TPSA) is 97.4 Å². The first kappa shape index (κ1) is 40.4. The lowest BCUT2D eigenvalue weighted by atomic mass is 9.77. The second kappa shape index (κ2) is 17.7. The van der Waals surface area contributed by atoms with Gasteiger partial charge in [0.25, 0.3) is 0 Å². The molecule has 0 fully saturated rings. The molecule has 3 aromatic carbocycles. The number of carbonyl (C=O) groups excluding carboxylic acids is 3. The van der Waals surface area contributed by atoms with Crippen LogP contribution in [-0.4, -0.2) is 90.3 Å². The van der Waals surface area contributed by atoms with Gasteiger partial charge in [-0.15, -0.1) is 0 Å². The Morgan fingerprint density at radius 2 is 0.780 bits per heavy atom. The third-order valence-electron chi connectivity index (χ3n) is 7.49. The summed E-state index contributed by atoms with van der Waals surface area (Å²) in [6, 6.07) is 31.0. The zero-order valence-electron chi connectivity index (χ0n) is 31.5. The highest BCUT2D eigenvalue weighted by molar-refractivity contribution is 5.75. The molecule has 272 valence electrons. The van der Waals surface area contributed by atoms with Gasteiger partial charge in [-0.05, 0) is 79.0 Å². The molecule has 0 aliphatic heterocycles. The van der Waals surface area contributed by atoms with Gasteiger partial charge < -0.3 is 14.2 Å². The predicted octanol–water partition coefficient (Wildman–Crippen LogP) is 6.20. The van der Waals surface area contributed by atoms with E-state index in [9.17, 15) is 14.4 Å². The summed E-state index contributed by atoms with van der Waals surface area (Å²) in [4.78, 5) is 42.6. The van der Waals surface area contributed by atoms with Crippen LogP contribution in [0.4, 0.5) is 0 Å². The van der Waals surface area contributed by atoms with E-state index >= 15 is 0 Å². The Balaban J connectivity index is 1.90. The fraction of sp³-hybridized carbons (Fsp3) is 0.488. The molecule has 50 heavy (non-hydrogen) atoms. The summed E-state index contributed by atoms with van der Waals surface area (Å²) in [5.74, 6) is -1.25. The van der Waals surface area contributed by atoms with Crippen molar-refractivity contribution in [3.05, 3.63) is 108 Å². The van der Waals surface area contributed by atoms with Gasteiger partial charge in [0, 0.05) is 26.2 Å². The van der Waals surface area contributed by atoms with Crippen molar-refractivity contribution in [2.45, 2.75) is 84.7 Å². The lowest BCUT2D eigenvalue weighted by molar-refractivity contribution is -0.161. The van der Waals surface area contributed by atoms with Crippen LogP contribution in [0.2, 0.25) is 0 Å². The van der Waals surface area contributed by atoms with Crippen LogP contribution in [0.1, 0.15) is 79.0 Å². The lowest BCUT2D eigenvalue weighted by Gasteiger charge is -2.38. The summed E-state index contributed by atoms with van der Waals surface area (Å²) in [7, 11) is 0. The molecule has 3 rings (SSSR count). The first-order chi connectivity index (χ1) is 23.4. The van der Waals surface area contributed by atoms with E-state index in [1.165, 1.54) is 0 Å². The van der Waals surface area contributed by atoms with Gasteiger partial charge in [0.2, 0.25) is 0 Å². The van der Waals surface area contributed by atoms with Crippen molar-refractivity contribution in [2.75, 3.05) is 45.8 Å². The molecule has 9 nitrogen and oxygen atoms in total. The Morgan fingerprint density at radius 3 is 1.10 bits per heavy atom. The zero-order chi connectivity index (χ0) is 37.0. The molecule has 1 N–H and O–H groups in total. The van der Waals surface area contributed by atoms with Crippen LogP contribution in [-0.2, 0) is 34.1 Å². The highest BCUT2D eigenvalue weighted by Crippen LogP contribution is 2.36. The molecular weight excluding hydrogens is 630 g/mol. The lowest BCUT2D eigenvalue weighted by Crippen LogP contribution is -2.49. The maximum atomic E-state index is 13.2. The summed E-state index contributed by atoms with van der Waals surface area (Å²) in [5, 5.41) is 3.88. The van der Waals surface area contributed by atoms with E-state index < -0.39 is 34.3 Å². The monoisotopic (exact) mass is 687 g/mol. The largest absolute Gasteiger partial charge is 0.459 e. The molecule has 0 spiro atoms. The molecule has 0 aromatic heterocycles. The highest BCUT2D eigenvalue weighted by atomic mass is 16.6. The van der Waals surface area contributed by atoms with Crippen molar-refractivity contribution in [1.82, 2.24) is 15.1 Å². The second-order valence-corrected chi connectivity index (χ2v) is 15.5. The zero-order valence-corrected chi connectivity index (χ0v) is 31.5. The Morgan fingerprint density at radius 1 is 0.480 bits per heavy atom. The molecule has 0 aliphatic rings. The van der Waals surface area contributed by atoms with Crippen LogP contribution in [0.15, 0.2) is 91.0 Å². The number of benzene rings is 3. The molecular formula is C41H57N3O6. The SMILES string of the molecule is CC(C)(C)OC(=O)CN(CCNC(c1ccccc1)(c1ccccc1)c1ccccc1)CCN(CC(=O)OC(C)(C)C)CC(=O)OC(C)(C)C. The van der Waals surface area contributed by atoms with Gasteiger partial charge in [-0.2, -0.15) is 0 Å². The summed E-state index contributed by atoms with van der Waals surface area (Å²) in [6.45, 7) is 17.8. The minimum absolute atomic E-state index is 0.0284. The number of carbonyl (C=O) groups is 3. The fourth-order valence-electron chi connectivity index (χ4n) is 5.71. The number of hydrogen-bond acceptors (Lipinski definition) is 9. The van der Waals surface area contributed by atoms with Crippen LogP contribution in [0.25, 0.3) is 0 Å². The van der Waals surface area contributed by atoms with Crippen molar-refractivity contribution in [1.29, 1.82) is 0 Å². The van der Waals surface area contributed by atoms with Crippen molar-refractivity contribution in [3.63, 3.8) is 0 Å². The molecule has 0 saturated carbocycles. The number of esters is 3. The van der Waals surface area contributed by atoms with Gasteiger partial charge in [-0.1, -0.05) is 91.0 Å². The average molecular weight is 688 g/mol. The minimum atomic E-state index is -0.680. The molecule has 3 aromatic rings. The van der Waals surface area contributed by atoms with Crippen molar-refractivity contribution >= 4 is 17.9 Å². The minimum Gasteiger partial charge on any atom is -0.459 e. The quantitative estimate of drug-likeness (QED) is 0.107. The number of hydrogen-bond donors (Lipinski definition) is 1. The first-order valence-electron chi connectivity index (χ1n) is 17.4. The van der Waals surface area contributed by atoms with Crippen LogP contribution >= 0.6 is 0 Å². The molecule has 0 atom stereocenters. The number of ether oxygens (including phenoxy) is 3. The molecule has 0 radical (unpaired) electrons. The number of nitrogens with one attached hydrogen (secondary N) is 1. The van der Waals surface area contributed by atoms with Gasteiger partial charge >= 0.3 is 17.9 Å². The average Bonchev–Trinajstić information content (AvgIpc) is 3.00. The van der Waals surface area contributed by atoms with Crippen LogP contribution in [0.5, 0.6) is 0 Å². The number of rotatable bonds is 16. The molecule has 0 heterocycles. The van der Waals surface area contributed by atoms with E-state index in [1.807, 2.05) is 80.3 Å². The van der Waals surface area contributed by atoms with Gasteiger partial charge in [-0.3, -0.25) is 29.5 Å². The first-order valence-corrected chi connectivity index (χ1v) is 17.4. The summed E-state index contributed by atoms with van der Waals surface area (Å²) < 4.78 is 16.9. The Labute approximate surface area is 299 Å². The van der Waals surface area contributed by atoms with Gasteiger partial charge in [0.15, 0.2) is 0 Å². The standard InChI is InChI=1S/C41H57N3O6/c1-38(2,3)48-35(45)29-43(27-28-44(30-36(46)49-39(4,5)6)31-37(47)50-40(7,8)9)26-25-42-41(32-19-13-10-14-20-32,33-21-15-11-16-22-33)34-23-17-12-18-24-34/h10-24,42H,25-31H2,1-9H3. The van der Waals surface area contributed by atoms with Crippen molar-refractivity contribution < 1.29 is 28.6 Å². The van der Waals surface area contributed by atoms with Crippen LogP contribution in [0.3, 0.4) is 0 Å². The summed E-state index contributed by atoms with van der Waals surface area (Å²) in [5.41, 5.74) is 0.563. The second-order valence-electron chi connectivity index (χ2n) is 15.5. The third-order valence-corrected chi connectivity index (χ3v) is 7.49. The molecule has 0 amide bonds. The molecule has 0 aliphatic carbocycles. The number of nitrogens with zero attached hydrogens (tertiary/aromatic N) is 2. The van der Waals surface area contributed by atoms with E-state index in [0.717, 1.165) is 16.7 Å². The Bertz CT molecular complexity index is 1370. The van der Waals surface area contributed by atoms with Gasteiger partial charge in [0.05, 0.1) is 25.2 Å². The van der Waals surface area contributed by atoms with E-state index in [1.54, 1.807) is 46.4 Å². The van der Waals surface area contributed by atoms with Crippen molar-refractivity contribution in [2.24, 2.45) is 0 Å². The summed E-state index contributed by atoms with van der Waals surface area (Å²) >= 11 is 0. The molecule has 9 heteroatoms. The van der Waals surface area contributed by atoms with E-state index in [4.69, 9.17) is 14.2 Å². The molecule has 0 bridgehead atoms. The molecule has 0 saturated heterocycles. The normalized spacial score (nSPS) is 12.5. The Kier molecular flexibility index (Phi) is 14.3. The maximum absolute atomic E-state index is 13.2. The van der Waals surface area contributed by atoms with E-state index in [-0.39, 0.29) is 25.6 Å². The van der Waals surface area contributed by atoms with Crippen molar-refractivity contribution in [3.8, 4) is 0 Å². The Hall–Kier alpha value is -4.05. The van der Waals surface area contributed by atoms with Gasteiger partial charge in [-0.25, -0.2) is 0 Å². The summed E-state index contributed by atoms with van der Waals surface area (Å²) in [6.07, 6.45) is 0. The predicted molar refractivity (Wildman–Crippen MR) is 198 cm³/mol. The third kappa shape index (κ3) is 13.7. The van der Waals surface area contributed by atoms with Crippen LogP contribution < -0.4 is 5.32 Å². The fourth-order valence-corrected chi connectivity index (χ4v) is 5.71. The van der Waals surface area contributed by atoms with E-state index in [2.05, 4.69) is 41.7 Å². The highest BCUT2D eigenvalue weighted by Gasteiger charge is 2.36. The van der Waals surface area contributed by atoms with Crippen LogP contribution in [0, 0.1) is 0 Å².